The van der Waals surface area contributed by atoms with Gasteiger partial charge in [-0.05, 0) is 38.4 Å². The lowest BCUT2D eigenvalue weighted by Gasteiger charge is -2.41. The first-order chi connectivity index (χ1) is 18.0. The van der Waals surface area contributed by atoms with E-state index < -0.39 is 35.5 Å². The number of aryl methyl sites for hydroxylation is 2. The highest BCUT2D eigenvalue weighted by Gasteiger charge is 2.31. The Kier molecular flexibility index (Phi) is 8.03. The van der Waals surface area contributed by atoms with Crippen molar-refractivity contribution in [3.8, 4) is 5.75 Å². The zero-order valence-corrected chi connectivity index (χ0v) is 22.0. The Hall–Kier alpha value is -3.12. The molecule has 1 aliphatic rings. The van der Waals surface area contributed by atoms with Crippen molar-refractivity contribution in [2.45, 2.75) is 53.1 Å². The van der Waals surface area contributed by atoms with Gasteiger partial charge < -0.3 is 24.8 Å². The van der Waals surface area contributed by atoms with Gasteiger partial charge in [-0.1, -0.05) is 0 Å². The third-order valence-corrected chi connectivity index (χ3v) is 7.38. The second-order valence-corrected chi connectivity index (χ2v) is 9.72. The van der Waals surface area contributed by atoms with Crippen LogP contribution in [0.4, 0.5) is 14.5 Å². The van der Waals surface area contributed by atoms with E-state index in [0.717, 1.165) is 6.07 Å². The summed E-state index contributed by atoms with van der Waals surface area (Å²) in [5.41, 5.74) is -0.121. The standard InChI is InChI=1S/C26H29ClF2N4O5/c1-4-31-9-16(26(27)38)25(37)15-7-19(28)23(21(29)22(15)31)33-6-5-32(13(2)8-33)10-20-17(11-34)18(12-35)24(36)14(3)30-20/h7,9,13,34-36H,4-6,8,10-12H2,1-3H3. The van der Waals surface area contributed by atoms with Crippen molar-refractivity contribution < 1.29 is 28.9 Å². The molecule has 0 spiro atoms. The van der Waals surface area contributed by atoms with Crippen LogP contribution in [0.2, 0.25) is 0 Å². The largest absolute Gasteiger partial charge is 0.506 e. The van der Waals surface area contributed by atoms with Gasteiger partial charge >= 0.3 is 0 Å². The maximum atomic E-state index is 15.9. The van der Waals surface area contributed by atoms with Gasteiger partial charge in [0.2, 0.25) is 5.43 Å². The van der Waals surface area contributed by atoms with Crippen molar-refractivity contribution in [3.63, 3.8) is 0 Å². The number of hydrogen-bond acceptors (Lipinski definition) is 8. The second kappa shape index (κ2) is 10.9. The maximum Gasteiger partial charge on any atom is 0.257 e. The first kappa shape index (κ1) is 27.9. The van der Waals surface area contributed by atoms with Gasteiger partial charge in [0.1, 0.15) is 17.3 Å². The number of anilines is 1. The predicted octanol–water partition coefficient (Wildman–Crippen LogP) is 2.78. The number of aliphatic hydroxyl groups excluding tert-OH is 2. The Morgan fingerprint density at radius 2 is 1.89 bits per heavy atom. The molecular formula is C26H29ClF2N4O5. The van der Waals surface area contributed by atoms with Crippen molar-refractivity contribution in [1.29, 1.82) is 0 Å². The molecule has 1 atom stereocenters. The zero-order chi connectivity index (χ0) is 27.9. The van der Waals surface area contributed by atoms with Crippen molar-refractivity contribution in [3.05, 3.63) is 62.2 Å². The number of hydrogen-bond donors (Lipinski definition) is 3. The number of carbonyl (C=O) groups is 1. The van der Waals surface area contributed by atoms with Gasteiger partial charge in [0.25, 0.3) is 5.24 Å². The van der Waals surface area contributed by atoms with Gasteiger partial charge in [-0.15, -0.1) is 0 Å². The summed E-state index contributed by atoms with van der Waals surface area (Å²) >= 11 is 5.51. The summed E-state index contributed by atoms with van der Waals surface area (Å²) in [4.78, 5) is 32.4. The molecule has 0 bridgehead atoms. The fourth-order valence-electron chi connectivity index (χ4n) is 5.13. The molecule has 1 unspecified atom stereocenters. The van der Waals surface area contributed by atoms with Crippen LogP contribution in [-0.4, -0.2) is 60.7 Å². The molecule has 0 saturated carbocycles. The molecule has 0 radical (unpaired) electrons. The molecule has 9 nitrogen and oxygen atoms in total. The van der Waals surface area contributed by atoms with E-state index in [1.54, 1.807) is 18.7 Å². The van der Waals surface area contributed by atoms with E-state index in [0.29, 0.717) is 30.0 Å². The minimum Gasteiger partial charge on any atom is -0.506 e. The molecule has 0 aliphatic carbocycles. The van der Waals surface area contributed by atoms with E-state index in [1.165, 1.54) is 10.8 Å². The smallest absolute Gasteiger partial charge is 0.257 e. The number of aliphatic hydroxyl groups is 2. The average Bonchev–Trinajstić information content (AvgIpc) is 2.87. The molecule has 3 N–H and O–H groups in total. The number of fused-ring (bicyclic) bond motifs is 1. The van der Waals surface area contributed by atoms with E-state index in [1.807, 2.05) is 11.8 Å². The third kappa shape index (κ3) is 4.75. The summed E-state index contributed by atoms with van der Waals surface area (Å²) in [7, 11) is 0. The summed E-state index contributed by atoms with van der Waals surface area (Å²) < 4.78 is 32.5. The first-order valence-electron chi connectivity index (χ1n) is 12.2. The summed E-state index contributed by atoms with van der Waals surface area (Å²) in [6.07, 6.45) is 1.19. The minimum absolute atomic E-state index is 0.0986. The summed E-state index contributed by atoms with van der Waals surface area (Å²) in [5.74, 6) is -1.96. The highest BCUT2D eigenvalue weighted by molar-refractivity contribution is 6.67. The number of piperazine rings is 1. The van der Waals surface area contributed by atoms with Gasteiger partial charge in [0.15, 0.2) is 5.82 Å². The lowest BCUT2D eigenvalue weighted by Crippen LogP contribution is -2.52. The molecule has 38 heavy (non-hydrogen) atoms. The topological polar surface area (TPSA) is 119 Å². The quantitative estimate of drug-likeness (QED) is 0.384. The van der Waals surface area contributed by atoms with Gasteiger partial charge in [-0.2, -0.15) is 0 Å². The van der Waals surface area contributed by atoms with Crippen LogP contribution in [0.15, 0.2) is 17.1 Å². The fourth-order valence-corrected chi connectivity index (χ4v) is 5.26. The third-order valence-electron chi connectivity index (χ3n) is 7.18. The van der Waals surface area contributed by atoms with Crippen LogP contribution in [-0.2, 0) is 26.3 Å². The normalized spacial score (nSPS) is 16.4. The van der Waals surface area contributed by atoms with E-state index in [2.05, 4.69) is 4.98 Å². The Morgan fingerprint density at radius 3 is 2.47 bits per heavy atom. The molecule has 3 aromatic rings. The minimum atomic E-state index is -0.997. The van der Waals surface area contributed by atoms with E-state index >= 15 is 8.78 Å². The monoisotopic (exact) mass is 550 g/mol. The lowest BCUT2D eigenvalue weighted by molar-refractivity contribution is 0.108. The number of aromatic hydroxyl groups is 1. The highest BCUT2D eigenvalue weighted by Crippen LogP contribution is 2.33. The summed E-state index contributed by atoms with van der Waals surface area (Å²) in [6.45, 7) is 5.78. The fraction of sp³-hybridized carbons (Fsp3) is 0.423. The van der Waals surface area contributed by atoms with Crippen LogP contribution in [0.5, 0.6) is 5.75 Å². The van der Waals surface area contributed by atoms with Crippen molar-refractivity contribution in [2.24, 2.45) is 0 Å². The number of nitrogens with zero attached hydrogens (tertiary/aromatic N) is 4. The van der Waals surface area contributed by atoms with E-state index in [-0.39, 0.29) is 59.1 Å². The number of halogens is 3. The molecule has 4 rings (SSSR count). The van der Waals surface area contributed by atoms with Gasteiger partial charge in [-0.3, -0.25) is 19.5 Å². The molecule has 3 heterocycles. The molecule has 1 saturated heterocycles. The number of pyridine rings is 2. The van der Waals surface area contributed by atoms with Crippen molar-refractivity contribution in [1.82, 2.24) is 14.5 Å². The van der Waals surface area contributed by atoms with Crippen molar-refractivity contribution >= 4 is 33.4 Å². The maximum absolute atomic E-state index is 15.9. The van der Waals surface area contributed by atoms with E-state index in [9.17, 15) is 24.9 Å². The Labute approximate surface area is 222 Å². The van der Waals surface area contributed by atoms with Gasteiger partial charge in [0, 0.05) is 56.1 Å². The number of aromatic nitrogens is 2. The SMILES string of the molecule is CCn1cc(C(=O)Cl)c(=O)c2cc(F)c(N3CCN(Cc4nc(C)c(O)c(CO)c4CO)C(C)C3)c(F)c21. The van der Waals surface area contributed by atoms with Crippen LogP contribution in [0.25, 0.3) is 10.9 Å². The molecular weight excluding hydrogens is 522 g/mol. The number of carbonyl (C=O) groups excluding carboxylic acids is 1. The Morgan fingerprint density at radius 1 is 1.21 bits per heavy atom. The van der Waals surface area contributed by atoms with Crippen LogP contribution < -0.4 is 10.3 Å². The number of benzene rings is 1. The summed E-state index contributed by atoms with van der Waals surface area (Å²) in [6, 6.07) is 0.762. The molecule has 1 aromatic carbocycles. The molecule has 1 fully saturated rings. The van der Waals surface area contributed by atoms with Gasteiger partial charge in [0.05, 0.1) is 41.1 Å². The van der Waals surface area contributed by atoms with Crippen LogP contribution in [0.3, 0.4) is 0 Å². The molecule has 1 aliphatic heterocycles. The van der Waals surface area contributed by atoms with Gasteiger partial charge in [-0.25, -0.2) is 8.78 Å². The Balaban J connectivity index is 1.67. The second-order valence-electron chi connectivity index (χ2n) is 9.38. The number of rotatable bonds is 7. The average molecular weight is 551 g/mol. The molecule has 12 heteroatoms. The van der Waals surface area contributed by atoms with Crippen LogP contribution >= 0.6 is 11.6 Å². The lowest BCUT2D eigenvalue weighted by atomic mass is 10.0. The summed E-state index contributed by atoms with van der Waals surface area (Å²) in [5, 5.41) is 28.5. The molecule has 2 aromatic heterocycles. The first-order valence-corrected chi connectivity index (χ1v) is 12.6. The highest BCUT2D eigenvalue weighted by atomic mass is 35.5. The van der Waals surface area contributed by atoms with Crippen molar-refractivity contribution in [2.75, 3.05) is 24.5 Å². The molecule has 204 valence electrons. The van der Waals surface area contributed by atoms with Crippen LogP contribution in [0.1, 0.15) is 46.7 Å². The predicted molar refractivity (Wildman–Crippen MR) is 139 cm³/mol. The molecule has 0 amide bonds. The zero-order valence-electron chi connectivity index (χ0n) is 21.3. The van der Waals surface area contributed by atoms with Crippen LogP contribution in [0, 0.1) is 18.6 Å². The van der Waals surface area contributed by atoms with E-state index in [4.69, 9.17) is 11.6 Å². The Bertz CT molecular complexity index is 1480.